The molecule has 12 aromatic rings. The molecule has 0 N–H and O–H groups in total. The maximum atomic E-state index is 5.03. The number of hydrogen-bond donors (Lipinski definition) is 0. The zero-order valence-corrected chi connectivity index (χ0v) is 43.3. The van der Waals surface area contributed by atoms with E-state index in [1.54, 1.807) is 0 Å². The van der Waals surface area contributed by atoms with Crippen LogP contribution in [0.2, 0.25) is 0 Å². The van der Waals surface area contributed by atoms with E-state index in [2.05, 4.69) is 252 Å². The van der Waals surface area contributed by atoms with Gasteiger partial charge in [0.05, 0.1) is 62.6 Å². The fourth-order valence-corrected chi connectivity index (χ4v) is 11.2. The molecule has 8 heteroatoms. The highest BCUT2D eigenvalue weighted by atomic mass is 15.2. The van der Waals surface area contributed by atoms with Crippen LogP contribution < -0.4 is 19.6 Å². The van der Waals surface area contributed by atoms with Crippen molar-refractivity contribution in [1.82, 2.24) is 19.9 Å². The molecule has 0 radical (unpaired) electrons. The van der Waals surface area contributed by atoms with Crippen LogP contribution in [-0.4, -0.2) is 19.9 Å². The van der Waals surface area contributed by atoms with Crippen molar-refractivity contribution in [2.75, 3.05) is 19.6 Å². The first-order valence-corrected chi connectivity index (χ1v) is 26.5. The molecule has 0 saturated carbocycles. The lowest BCUT2D eigenvalue weighted by molar-refractivity contribution is 1.02. The first-order chi connectivity index (χ1) is 37.6. The molecule has 8 nitrogen and oxygen atoms in total. The van der Waals surface area contributed by atoms with Gasteiger partial charge in [0.15, 0.2) is 0 Å². The van der Waals surface area contributed by atoms with Crippen molar-refractivity contribution in [2.45, 2.75) is 53.4 Å². The van der Waals surface area contributed by atoms with Crippen molar-refractivity contribution in [2.24, 2.45) is 0 Å². The average Bonchev–Trinajstić information content (AvgIpc) is 3.67. The molecule has 0 fully saturated rings. The number of nitrogens with zero attached hydrogens (tertiary/aromatic N) is 8. The summed E-state index contributed by atoms with van der Waals surface area (Å²) >= 11 is 0. The van der Waals surface area contributed by atoms with Crippen LogP contribution >= 0.6 is 0 Å². The van der Waals surface area contributed by atoms with E-state index in [1.807, 2.05) is 31.0 Å². The molecular weight excluding hydrogens is 929 g/mol. The molecule has 76 heavy (non-hydrogen) atoms. The van der Waals surface area contributed by atoms with Crippen molar-refractivity contribution < 1.29 is 0 Å². The molecule has 0 amide bonds. The van der Waals surface area contributed by atoms with Gasteiger partial charge < -0.3 is 19.6 Å². The monoisotopic (exact) mass is 986 g/mol. The van der Waals surface area contributed by atoms with Crippen molar-refractivity contribution in [1.29, 1.82) is 0 Å². The highest BCUT2D eigenvalue weighted by Gasteiger charge is 2.31. The normalized spacial score (nSPS) is 11.4. The molecule has 370 valence electrons. The lowest BCUT2D eigenvalue weighted by atomic mass is 9.89. The molecule has 0 aliphatic heterocycles. The molecule has 12 rings (SSSR count). The molecule has 4 heterocycles. The van der Waals surface area contributed by atoms with Gasteiger partial charge in [0.25, 0.3) is 0 Å². The molecule has 8 aromatic carbocycles. The molecule has 0 aliphatic rings. The Labute approximate surface area is 445 Å². The van der Waals surface area contributed by atoms with Crippen LogP contribution in [0.25, 0.3) is 32.3 Å². The topological polar surface area (TPSA) is 64.5 Å². The Kier molecular flexibility index (Phi) is 13.1. The Bertz CT molecular complexity index is 3450. The summed E-state index contributed by atoms with van der Waals surface area (Å²) in [5, 5.41) is 6.72. The highest BCUT2D eigenvalue weighted by Crippen LogP contribution is 2.55. The molecule has 4 aromatic heterocycles. The summed E-state index contributed by atoms with van der Waals surface area (Å²) in [5.74, 6) is 0. The summed E-state index contributed by atoms with van der Waals surface area (Å²) in [7, 11) is 0. The van der Waals surface area contributed by atoms with Gasteiger partial charge in [-0.05, 0) is 134 Å². The predicted molar refractivity (Wildman–Crippen MR) is 318 cm³/mol. The number of anilines is 12. The summed E-state index contributed by atoms with van der Waals surface area (Å²) < 4.78 is 0. The molecule has 0 unspecified atom stereocenters. The van der Waals surface area contributed by atoms with Crippen LogP contribution in [0.1, 0.15) is 50.3 Å². The lowest BCUT2D eigenvalue weighted by Crippen LogP contribution is -2.18. The van der Waals surface area contributed by atoms with Crippen LogP contribution in [0.5, 0.6) is 0 Å². The number of hydrogen-bond acceptors (Lipinski definition) is 8. The SMILES string of the molecule is CCc1cnccc1N(c1ccccc1)c1cc(N(c2ccccc2)c2cccnc2CC)c2ccc3c(N(c4ccccc4)c4cccnc4CC)cc(N(c4ccccc4)c4cccnc4CC)c4ccc1c2c43. The van der Waals surface area contributed by atoms with Gasteiger partial charge >= 0.3 is 0 Å². The van der Waals surface area contributed by atoms with Gasteiger partial charge in [-0.25, -0.2) is 0 Å². The van der Waals surface area contributed by atoms with E-state index in [4.69, 9.17) is 15.0 Å². The zero-order chi connectivity index (χ0) is 51.5. The van der Waals surface area contributed by atoms with E-state index in [1.165, 1.54) is 0 Å². The third-order valence-corrected chi connectivity index (χ3v) is 14.7. The first-order valence-electron chi connectivity index (χ1n) is 26.5. The Morgan fingerprint density at radius 2 is 0.605 bits per heavy atom. The first kappa shape index (κ1) is 47.6. The number of rotatable bonds is 16. The highest BCUT2D eigenvalue weighted by molar-refractivity contribution is 6.33. The zero-order valence-electron chi connectivity index (χ0n) is 43.3. The van der Waals surface area contributed by atoms with Crippen molar-refractivity contribution in [3.63, 3.8) is 0 Å². The lowest BCUT2D eigenvalue weighted by Gasteiger charge is -2.35. The van der Waals surface area contributed by atoms with Crippen molar-refractivity contribution in [3.05, 3.63) is 254 Å². The van der Waals surface area contributed by atoms with E-state index in [-0.39, 0.29) is 0 Å². The van der Waals surface area contributed by atoms with Gasteiger partial charge in [0, 0.05) is 86.1 Å². The molecule has 0 saturated heterocycles. The molecule has 0 spiro atoms. The number of benzene rings is 8. The Morgan fingerprint density at radius 1 is 0.289 bits per heavy atom. The van der Waals surface area contributed by atoms with Crippen LogP contribution in [0.4, 0.5) is 68.2 Å². The van der Waals surface area contributed by atoms with Crippen LogP contribution in [0.15, 0.2) is 231 Å². The third kappa shape index (κ3) is 8.38. The van der Waals surface area contributed by atoms with E-state index in [0.717, 1.165) is 149 Å². The van der Waals surface area contributed by atoms with Crippen LogP contribution in [0.3, 0.4) is 0 Å². The van der Waals surface area contributed by atoms with Gasteiger partial charge in [0.2, 0.25) is 0 Å². The number of para-hydroxylation sites is 4. The second-order valence-electron chi connectivity index (χ2n) is 18.9. The van der Waals surface area contributed by atoms with Crippen LogP contribution in [-0.2, 0) is 25.7 Å². The van der Waals surface area contributed by atoms with E-state index < -0.39 is 0 Å². The second kappa shape index (κ2) is 20.8. The largest absolute Gasteiger partial charge is 0.309 e. The molecule has 0 bridgehead atoms. The van der Waals surface area contributed by atoms with Gasteiger partial charge in [-0.15, -0.1) is 0 Å². The summed E-state index contributed by atoms with van der Waals surface area (Å²) in [5.41, 5.74) is 16.6. The predicted octanol–water partition coefficient (Wildman–Crippen LogP) is 18.3. The standard InChI is InChI=1S/C68H58N8/c1-5-47-46-69-43-39-59(47)73(48-24-13-9-14-25-48)63-44-64(74(49-26-15-10-16-27-49)60-32-21-40-70-56(60)6-2)53-37-38-55-66(76(51-30-19-12-20-31-51)62-34-23-42-72-58(62)8-4)45-65(54-36-35-52(63)67(53)68(54)55)75(50-28-17-11-18-29-50)61-33-22-41-71-57(61)7-3/h9-46H,5-8H2,1-4H3. The molecule has 0 atom stereocenters. The van der Waals surface area contributed by atoms with Gasteiger partial charge in [-0.1, -0.05) is 125 Å². The summed E-state index contributed by atoms with van der Waals surface area (Å²) in [6.07, 6.45) is 12.7. The maximum absolute atomic E-state index is 5.03. The Hall–Kier alpha value is -9.40. The Balaban J connectivity index is 1.32. The molecule has 0 aliphatic carbocycles. The second-order valence-corrected chi connectivity index (χ2v) is 18.9. The van der Waals surface area contributed by atoms with E-state index in [9.17, 15) is 0 Å². The fourth-order valence-electron chi connectivity index (χ4n) is 11.2. The smallest absolute Gasteiger partial charge is 0.0677 e. The van der Waals surface area contributed by atoms with Crippen LogP contribution in [0, 0.1) is 0 Å². The minimum Gasteiger partial charge on any atom is -0.309 e. The summed E-state index contributed by atoms with van der Waals surface area (Å²) in [6.45, 7) is 8.78. The fraction of sp³-hybridized carbons (Fsp3) is 0.118. The van der Waals surface area contributed by atoms with Crippen molar-refractivity contribution in [3.8, 4) is 0 Å². The minimum atomic E-state index is 0.754. The van der Waals surface area contributed by atoms with E-state index >= 15 is 0 Å². The minimum absolute atomic E-state index is 0.754. The van der Waals surface area contributed by atoms with Gasteiger partial charge in [-0.2, -0.15) is 0 Å². The third-order valence-electron chi connectivity index (χ3n) is 14.7. The Morgan fingerprint density at radius 3 is 0.908 bits per heavy atom. The number of aryl methyl sites for hydroxylation is 4. The summed E-state index contributed by atoms with van der Waals surface area (Å²) in [4.78, 5) is 29.5. The quantitative estimate of drug-likeness (QED) is 0.0888. The molecular formula is C68H58N8. The number of pyridine rings is 4. The van der Waals surface area contributed by atoms with Gasteiger partial charge in [0.1, 0.15) is 0 Å². The van der Waals surface area contributed by atoms with E-state index in [0.29, 0.717) is 0 Å². The maximum Gasteiger partial charge on any atom is 0.0677 e. The number of aromatic nitrogens is 4. The average molecular weight is 987 g/mol. The van der Waals surface area contributed by atoms with Crippen molar-refractivity contribution >= 4 is 101 Å². The van der Waals surface area contributed by atoms with Gasteiger partial charge in [-0.3, -0.25) is 19.9 Å². The summed E-state index contributed by atoms with van der Waals surface area (Å²) in [6, 6.07) is 72.3.